The smallest absolute Gasteiger partial charge is 0.341 e. The number of aromatic carboxylic acids is 1. The van der Waals surface area contributed by atoms with Gasteiger partial charge >= 0.3 is 5.97 Å². The number of nitrogens with two attached hydrogens (primary N) is 1. The number of anilines is 3. The van der Waals surface area contributed by atoms with E-state index >= 15 is 4.39 Å². The van der Waals surface area contributed by atoms with Crippen LogP contribution in [0.3, 0.4) is 0 Å². The number of pyridine rings is 1. The van der Waals surface area contributed by atoms with Crippen LogP contribution in [0.15, 0.2) is 41.3 Å². The van der Waals surface area contributed by atoms with Crippen LogP contribution in [-0.2, 0) is 0 Å². The van der Waals surface area contributed by atoms with Gasteiger partial charge in [-0.05, 0) is 32.4 Å². The maximum absolute atomic E-state index is 15.3. The van der Waals surface area contributed by atoms with E-state index in [1.54, 1.807) is 4.57 Å². The normalized spacial score (nSPS) is 14.7. The predicted octanol–water partition coefficient (Wildman–Crippen LogP) is 3.70. The molecular weight excluding hydrogens is 427 g/mol. The van der Waals surface area contributed by atoms with E-state index in [1.807, 2.05) is 37.3 Å². The second-order valence-electron chi connectivity index (χ2n) is 8.10. The minimum atomic E-state index is -1.38. The van der Waals surface area contributed by atoms with E-state index in [0.29, 0.717) is 12.1 Å². The van der Waals surface area contributed by atoms with Gasteiger partial charge in [0.1, 0.15) is 17.9 Å². The van der Waals surface area contributed by atoms with Crippen molar-refractivity contribution in [2.24, 2.45) is 0 Å². The number of halogens is 1. The van der Waals surface area contributed by atoms with Crippen LogP contribution < -0.4 is 26.1 Å². The highest BCUT2D eigenvalue weighted by Crippen LogP contribution is 2.43. The van der Waals surface area contributed by atoms with Crippen molar-refractivity contribution >= 4 is 33.9 Å². The van der Waals surface area contributed by atoms with E-state index in [0.717, 1.165) is 25.2 Å². The van der Waals surface area contributed by atoms with Gasteiger partial charge in [0.05, 0.1) is 22.6 Å². The monoisotopic (exact) mass is 454 g/mol. The number of carboxylic acid groups (broad SMARTS) is 1. The second kappa shape index (κ2) is 9.01. The molecular formula is C24H27FN4O4. The van der Waals surface area contributed by atoms with E-state index in [4.69, 9.17) is 10.5 Å². The van der Waals surface area contributed by atoms with Crippen molar-refractivity contribution in [1.29, 1.82) is 0 Å². The van der Waals surface area contributed by atoms with Crippen LogP contribution in [0.25, 0.3) is 10.9 Å². The fourth-order valence-electron chi connectivity index (χ4n) is 4.25. The van der Waals surface area contributed by atoms with Crippen molar-refractivity contribution in [3.8, 4) is 5.75 Å². The topological polar surface area (TPSA) is 110 Å². The van der Waals surface area contributed by atoms with Crippen molar-refractivity contribution in [2.75, 3.05) is 42.2 Å². The Balaban J connectivity index is 1.66. The number of carboxylic acids is 1. The van der Waals surface area contributed by atoms with E-state index in [-0.39, 0.29) is 35.2 Å². The number of para-hydroxylation sites is 1. The Hall–Kier alpha value is -3.75. The van der Waals surface area contributed by atoms with Crippen LogP contribution in [-0.4, -0.2) is 41.9 Å². The number of benzene rings is 2. The summed E-state index contributed by atoms with van der Waals surface area (Å²) in [4.78, 5) is 26.6. The lowest BCUT2D eigenvalue weighted by Crippen LogP contribution is -2.28. The molecule has 1 aromatic heterocycles. The van der Waals surface area contributed by atoms with Crippen LogP contribution in [0.4, 0.5) is 21.5 Å². The number of nitrogens with zero attached hydrogens (tertiary/aromatic N) is 2. The molecule has 4 N–H and O–H groups in total. The van der Waals surface area contributed by atoms with Gasteiger partial charge in [-0.2, -0.15) is 0 Å². The number of rotatable bonds is 8. The minimum Gasteiger partial charge on any atom is -0.487 e. The zero-order valence-electron chi connectivity index (χ0n) is 18.6. The molecule has 8 nitrogen and oxygen atoms in total. The third kappa shape index (κ3) is 3.94. The standard InChI is InChI=1S/C24H27FN4O4/c1-3-28(15-8-5-4-6-9-15)11-7-10-27-20-18(25)19(26)17-21-23(20)33-13-14(2)29(21)12-16(22(17)30)24(31)32/h4-6,8-9,12,14,27H,3,7,10-11,13,26H2,1-2H3,(H,31,32)/t14-/m0/s1. The van der Waals surface area contributed by atoms with Gasteiger partial charge in [0.2, 0.25) is 5.43 Å². The van der Waals surface area contributed by atoms with Gasteiger partial charge in [-0.15, -0.1) is 0 Å². The lowest BCUT2D eigenvalue weighted by molar-refractivity contribution is 0.0694. The third-order valence-corrected chi connectivity index (χ3v) is 5.99. The maximum Gasteiger partial charge on any atom is 0.341 e. The molecule has 1 aliphatic heterocycles. The highest BCUT2D eigenvalue weighted by molar-refractivity contribution is 6.03. The fourth-order valence-corrected chi connectivity index (χ4v) is 4.25. The number of aromatic nitrogens is 1. The molecule has 0 radical (unpaired) electrons. The van der Waals surface area contributed by atoms with Gasteiger partial charge < -0.3 is 30.4 Å². The first-order chi connectivity index (χ1) is 15.8. The average Bonchev–Trinajstić information content (AvgIpc) is 2.81. The van der Waals surface area contributed by atoms with Gasteiger partial charge in [-0.3, -0.25) is 4.79 Å². The number of hydrogen-bond acceptors (Lipinski definition) is 6. The summed E-state index contributed by atoms with van der Waals surface area (Å²) in [7, 11) is 0. The van der Waals surface area contributed by atoms with Gasteiger partial charge in [0.15, 0.2) is 11.6 Å². The van der Waals surface area contributed by atoms with Crippen LogP contribution >= 0.6 is 0 Å². The van der Waals surface area contributed by atoms with Crippen molar-refractivity contribution in [1.82, 2.24) is 4.57 Å². The maximum atomic E-state index is 15.3. The zero-order valence-corrected chi connectivity index (χ0v) is 18.6. The Kier molecular flexibility index (Phi) is 6.13. The van der Waals surface area contributed by atoms with Crippen molar-refractivity contribution in [3.63, 3.8) is 0 Å². The first-order valence-corrected chi connectivity index (χ1v) is 10.9. The van der Waals surface area contributed by atoms with Crippen LogP contribution in [0.1, 0.15) is 36.7 Å². The summed E-state index contributed by atoms with van der Waals surface area (Å²) >= 11 is 0. The Labute approximate surface area is 190 Å². The molecule has 1 aliphatic rings. The van der Waals surface area contributed by atoms with E-state index in [1.165, 1.54) is 6.20 Å². The summed E-state index contributed by atoms with van der Waals surface area (Å²) in [5, 5.41) is 12.4. The summed E-state index contributed by atoms with van der Waals surface area (Å²) in [6.45, 7) is 6.17. The van der Waals surface area contributed by atoms with Crippen molar-refractivity contribution in [3.05, 3.63) is 58.1 Å². The van der Waals surface area contributed by atoms with Crippen molar-refractivity contribution < 1.29 is 19.0 Å². The molecule has 0 unspecified atom stereocenters. The highest BCUT2D eigenvalue weighted by atomic mass is 19.1. The van der Waals surface area contributed by atoms with Gasteiger partial charge in [0.25, 0.3) is 0 Å². The molecule has 174 valence electrons. The van der Waals surface area contributed by atoms with Crippen molar-refractivity contribution in [2.45, 2.75) is 26.3 Å². The fraction of sp³-hybridized carbons (Fsp3) is 0.333. The molecule has 9 heteroatoms. The Morgan fingerprint density at radius 2 is 2.09 bits per heavy atom. The molecule has 0 saturated heterocycles. The highest BCUT2D eigenvalue weighted by Gasteiger charge is 2.30. The Morgan fingerprint density at radius 3 is 2.76 bits per heavy atom. The zero-order chi connectivity index (χ0) is 23.7. The summed E-state index contributed by atoms with van der Waals surface area (Å²) in [6.07, 6.45) is 2.00. The molecule has 0 aliphatic carbocycles. The molecule has 0 spiro atoms. The summed E-state index contributed by atoms with van der Waals surface area (Å²) in [5.74, 6) is -2.01. The molecule has 4 rings (SSSR count). The van der Waals surface area contributed by atoms with Gasteiger partial charge in [0, 0.05) is 31.5 Å². The van der Waals surface area contributed by atoms with E-state index < -0.39 is 22.8 Å². The van der Waals surface area contributed by atoms with Gasteiger partial charge in [-0.1, -0.05) is 18.2 Å². The molecule has 1 atom stereocenters. The Bertz CT molecular complexity index is 1260. The predicted molar refractivity (Wildman–Crippen MR) is 127 cm³/mol. The first kappa shape index (κ1) is 22.4. The quantitative estimate of drug-likeness (QED) is 0.352. The lowest BCUT2D eigenvalue weighted by atomic mass is 10.0. The summed E-state index contributed by atoms with van der Waals surface area (Å²) < 4.78 is 22.7. The number of nitrogens with one attached hydrogen (secondary N) is 1. The van der Waals surface area contributed by atoms with Crippen LogP contribution in [0.2, 0.25) is 0 Å². The molecule has 2 aromatic carbocycles. The number of carbonyl (C=O) groups is 1. The SMILES string of the molecule is CCN(CCCNc1c(F)c(N)c2c(=O)c(C(=O)O)cn3c2c1OC[C@@H]3C)c1ccccc1. The summed E-state index contributed by atoms with van der Waals surface area (Å²) in [6, 6.07) is 9.79. The molecule has 2 heterocycles. The third-order valence-electron chi connectivity index (χ3n) is 5.99. The number of hydrogen-bond donors (Lipinski definition) is 3. The van der Waals surface area contributed by atoms with Crippen LogP contribution in [0, 0.1) is 5.82 Å². The minimum absolute atomic E-state index is 0.0888. The summed E-state index contributed by atoms with van der Waals surface area (Å²) in [5.41, 5.74) is 5.88. The molecule has 3 aromatic rings. The largest absolute Gasteiger partial charge is 0.487 e. The molecule has 0 fully saturated rings. The van der Waals surface area contributed by atoms with E-state index in [2.05, 4.69) is 17.1 Å². The lowest BCUT2D eigenvalue weighted by Gasteiger charge is -2.29. The van der Waals surface area contributed by atoms with Crippen LogP contribution in [0.5, 0.6) is 5.75 Å². The average molecular weight is 455 g/mol. The Morgan fingerprint density at radius 1 is 1.36 bits per heavy atom. The number of nitrogen functional groups attached to an aromatic ring is 1. The number of ether oxygens (including phenoxy) is 1. The van der Waals surface area contributed by atoms with E-state index in [9.17, 15) is 14.7 Å². The van der Waals surface area contributed by atoms with Gasteiger partial charge in [-0.25, -0.2) is 9.18 Å². The molecule has 33 heavy (non-hydrogen) atoms. The molecule has 0 bridgehead atoms. The second-order valence-corrected chi connectivity index (χ2v) is 8.10. The first-order valence-electron chi connectivity index (χ1n) is 10.9. The molecule has 0 amide bonds. The molecule has 0 saturated carbocycles.